The van der Waals surface area contributed by atoms with Crippen LogP contribution in [-0.2, 0) is 22.2 Å². The number of aromatic nitrogens is 2. The predicted molar refractivity (Wildman–Crippen MR) is 70.9 cm³/mol. The maximum Gasteiger partial charge on any atom is 0.456 e. The zero-order valence-corrected chi connectivity index (χ0v) is 12.8. The third-order valence-electron chi connectivity index (χ3n) is 4.23. The molecule has 1 saturated heterocycles. The minimum atomic E-state index is -6.13. The van der Waals surface area contributed by atoms with Crippen LogP contribution < -0.4 is 5.73 Å². The summed E-state index contributed by atoms with van der Waals surface area (Å²) in [5.41, 5.74) is 0.507. The van der Waals surface area contributed by atoms with Crippen LogP contribution in [0, 0.1) is 12.8 Å². The number of alkyl halides is 5. The summed E-state index contributed by atoms with van der Waals surface area (Å²) in [5.74, 6) is -9.76. The van der Waals surface area contributed by atoms with E-state index in [4.69, 9.17) is 5.73 Å². The zero-order chi connectivity index (χ0) is 18.5. The summed E-state index contributed by atoms with van der Waals surface area (Å²) >= 11 is 0. The molecule has 0 aliphatic carbocycles. The van der Waals surface area contributed by atoms with Crippen LogP contribution in [0.15, 0.2) is 0 Å². The number of nitrogens with zero attached hydrogens (tertiary/aromatic N) is 2. The number of imidazole rings is 1. The number of nitrogen functional groups attached to an aromatic ring is 1. The van der Waals surface area contributed by atoms with Crippen LogP contribution in [0.2, 0.25) is 0 Å². The van der Waals surface area contributed by atoms with Crippen LogP contribution in [0.1, 0.15) is 24.4 Å². The molecule has 2 atom stereocenters. The van der Waals surface area contributed by atoms with Gasteiger partial charge in [-0.15, -0.1) is 0 Å². The number of halogens is 5. The topological polar surface area (TPSA) is 90.4 Å². The van der Waals surface area contributed by atoms with Crippen LogP contribution >= 0.6 is 0 Å². The highest BCUT2D eigenvalue weighted by molar-refractivity contribution is 5.75. The fraction of sp³-hybridized carbons (Fsp3) is 0.692. The molecule has 1 aromatic rings. The number of aliphatic hydroxyl groups is 1. The number of hydrogen-bond donors (Lipinski definition) is 2. The van der Waals surface area contributed by atoms with Gasteiger partial charge in [0.15, 0.2) is 5.60 Å². The number of carbonyl (C=O) groups excluding carboxylic acids is 1. The second kappa shape index (κ2) is 5.57. The Morgan fingerprint density at radius 1 is 1.33 bits per heavy atom. The maximum absolute atomic E-state index is 14.3. The molecule has 0 amide bonds. The number of anilines is 1. The molecule has 1 aliphatic rings. The van der Waals surface area contributed by atoms with Crippen molar-refractivity contribution in [2.24, 2.45) is 13.0 Å². The van der Waals surface area contributed by atoms with E-state index in [1.165, 1.54) is 14.0 Å². The first-order valence-electron chi connectivity index (χ1n) is 6.98. The van der Waals surface area contributed by atoms with Crippen molar-refractivity contribution in [3.8, 4) is 0 Å². The van der Waals surface area contributed by atoms with Crippen molar-refractivity contribution in [3.05, 3.63) is 11.5 Å². The van der Waals surface area contributed by atoms with Crippen molar-refractivity contribution in [1.29, 1.82) is 0 Å². The minimum Gasteiger partial charge on any atom is -0.465 e. The molecule has 0 saturated carbocycles. The lowest BCUT2D eigenvalue weighted by molar-refractivity contribution is -0.357. The van der Waals surface area contributed by atoms with Crippen LogP contribution in [0.25, 0.3) is 0 Å². The van der Waals surface area contributed by atoms with Crippen molar-refractivity contribution < 1.29 is 36.6 Å². The van der Waals surface area contributed by atoms with Gasteiger partial charge in [-0.3, -0.25) is 4.79 Å². The Balaban J connectivity index is 2.74. The first-order valence-corrected chi connectivity index (χ1v) is 6.98. The van der Waals surface area contributed by atoms with Gasteiger partial charge in [-0.1, -0.05) is 0 Å². The first-order chi connectivity index (χ1) is 10.9. The Hall–Kier alpha value is -1.91. The van der Waals surface area contributed by atoms with Gasteiger partial charge in [0.2, 0.25) is 0 Å². The molecule has 0 spiro atoms. The third kappa shape index (κ3) is 2.41. The summed E-state index contributed by atoms with van der Waals surface area (Å²) < 4.78 is 73.1. The van der Waals surface area contributed by atoms with Crippen molar-refractivity contribution in [3.63, 3.8) is 0 Å². The van der Waals surface area contributed by atoms with Gasteiger partial charge in [-0.05, 0) is 19.8 Å². The number of aryl methyl sites for hydroxylation is 1. The van der Waals surface area contributed by atoms with Crippen LogP contribution in [-0.4, -0.2) is 39.3 Å². The molecule has 0 aromatic carbocycles. The van der Waals surface area contributed by atoms with Crippen molar-refractivity contribution in [2.45, 2.75) is 37.5 Å². The fourth-order valence-electron chi connectivity index (χ4n) is 2.71. The Kier molecular flexibility index (Phi) is 4.28. The van der Waals surface area contributed by atoms with Gasteiger partial charge in [0.1, 0.15) is 17.3 Å². The molecule has 0 unspecified atom stereocenters. The summed E-state index contributed by atoms with van der Waals surface area (Å²) in [6, 6.07) is 0. The molecule has 2 rings (SSSR count). The van der Waals surface area contributed by atoms with Crippen LogP contribution in [0.3, 0.4) is 0 Å². The largest absolute Gasteiger partial charge is 0.465 e. The summed E-state index contributed by atoms with van der Waals surface area (Å²) in [6.45, 7) is 1.19. The Labute approximate surface area is 133 Å². The average Bonchev–Trinajstić information content (AvgIpc) is 2.73. The molecule has 24 heavy (non-hydrogen) atoms. The fourth-order valence-corrected chi connectivity index (χ4v) is 2.71. The normalized spacial score (nSPS) is 22.2. The third-order valence-corrected chi connectivity index (χ3v) is 4.23. The molecule has 2 heterocycles. The second-order valence-electron chi connectivity index (χ2n) is 5.65. The van der Waals surface area contributed by atoms with E-state index in [2.05, 4.69) is 9.72 Å². The Morgan fingerprint density at radius 2 is 1.92 bits per heavy atom. The molecule has 3 N–H and O–H groups in total. The van der Waals surface area contributed by atoms with Crippen molar-refractivity contribution in [2.75, 3.05) is 12.3 Å². The van der Waals surface area contributed by atoms with E-state index in [0.717, 1.165) is 4.57 Å². The molecule has 1 aromatic heterocycles. The number of esters is 1. The van der Waals surface area contributed by atoms with E-state index in [0.29, 0.717) is 0 Å². The van der Waals surface area contributed by atoms with Gasteiger partial charge in [0.25, 0.3) is 0 Å². The monoisotopic (exact) mass is 357 g/mol. The highest BCUT2D eigenvalue weighted by Gasteiger charge is 2.75. The molecule has 1 fully saturated rings. The Bertz CT molecular complexity index is 658. The summed E-state index contributed by atoms with van der Waals surface area (Å²) in [4.78, 5) is 15.4. The first kappa shape index (κ1) is 18.4. The van der Waals surface area contributed by atoms with E-state index in [-0.39, 0.29) is 18.9 Å². The number of nitrogens with two attached hydrogens (primary N) is 1. The SMILES string of the molecule is Cc1nc([C@@](O)([C@H]2CCCOC2=O)C(F)(F)C(F)(F)F)c(N)n1C. The smallest absolute Gasteiger partial charge is 0.456 e. The molecule has 0 radical (unpaired) electrons. The van der Waals surface area contributed by atoms with Crippen LogP contribution in [0.5, 0.6) is 0 Å². The lowest BCUT2D eigenvalue weighted by Crippen LogP contribution is -2.61. The molecular formula is C13H16F5N3O3. The van der Waals surface area contributed by atoms with Gasteiger partial charge in [0, 0.05) is 7.05 Å². The molecule has 0 bridgehead atoms. The number of hydrogen-bond acceptors (Lipinski definition) is 5. The predicted octanol–water partition coefficient (Wildman–Crippen LogP) is 1.65. The molecule has 1 aliphatic heterocycles. The van der Waals surface area contributed by atoms with E-state index >= 15 is 0 Å². The zero-order valence-electron chi connectivity index (χ0n) is 12.8. The molecular weight excluding hydrogens is 341 g/mol. The number of ether oxygens (including phenoxy) is 1. The van der Waals surface area contributed by atoms with Gasteiger partial charge >= 0.3 is 18.1 Å². The Morgan fingerprint density at radius 3 is 2.33 bits per heavy atom. The maximum atomic E-state index is 14.3. The van der Waals surface area contributed by atoms with Gasteiger partial charge < -0.3 is 20.1 Å². The van der Waals surface area contributed by atoms with E-state index < -0.39 is 47.5 Å². The summed E-state index contributed by atoms with van der Waals surface area (Å²) in [6.07, 6.45) is -6.52. The number of carbonyl (C=O) groups is 1. The lowest BCUT2D eigenvalue weighted by atomic mass is 9.75. The summed E-state index contributed by atoms with van der Waals surface area (Å²) in [7, 11) is 1.28. The minimum absolute atomic E-state index is 0.00285. The second-order valence-corrected chi connectivity index (χ2v) is 5.65. The number of rotatable bonds is 3. The number of cyclic esters (lactones) is 1. The molecule has 136 valence electrons. The van der Waals surface area contributed by atoms with Crippen LogP contribution in [0.4, 0.5) is 27.8 Å². The standard InChI is InChI=1S/C13H16F5N3O3/c1-6-20-8(9(19)21(6)2)11(23,12(14,15)13(16,17)18)7-4-3-5-24-10(7)22/h7,23H,3-5,19H2,1-2H3/t7-,11-/m0/s1. The van der Waals surface area contributed by atoms with Crippen molar-refractivity contribution >= 4 is 11.8 Å². The van der Waals surface area contributed by atoms with E-state index in [1.54, 1.807) is 0 Å². The van der Waals surface area contributed by atoms with Gasteiger partial charge in [-0.2, -0.15) is 22.0 Å². The lowest BCUT2D eigenvalue weighted by Gasteiger charge is -2.41. The summed E-state index contributed by atoms with van der Waals surface area (Å²) in [5, 5.41) is 10.5. The average molecular weight is 357 g/mol. The highest BCUT2D eigenvalue weighted by Crippen LogP contribution is 2.54. The quantitative estimate of drug-likeness (QED) is 0.634. The molecule has 6 nitrogen and oxygen atoms in total. The van der Waals surface area contributed by atoms with E-state index in [1.807, 2.05) is 0 Å². The van der Waals surface area contributed by atoms with Crippen molar-refractivity contribution in [1.82, 2.24) is 9.55 Å². The van der Waals surface area contributed by atoms with Gasteiger partial charge in [-0.25, -0.2) is 4.98 Å². The highest BCUT2D eigenvalue weighted by atomic mass is 19.4. The van der Waals surface area contributed by atoms with Gasteiger partial charge in [0.05, 0.1) is 12.5 Å². The van der Waals surface area contributed by atoms with E-state index in [9.17, 15) is 31.9 Å². The molecule has 11 heteroatoms.